The Morgan fingerprint density at radius 2 is 1.86 bits per heavy atom. The van der Waals surface area contributed by atoms with Gasteiger partial charge in [0.2, 0.25) is 0 Å². The molecule has 2 rings (SSSR count). The fourth-order valence-electron chi connectivity index (χ4n) is 2.68. The molecule has 1 saturated heterocycles. The Balaban J connectivity index is 2.05. The predicted molar refractivity (Wildman–Crippen MR) is 82.0 cm³/mol. The zero-order valence-corrected chi connectivity index (χ0v) is 13.4. The van der Waals surface area contributed by atoms with Crippen molar-refractivity contribution in [2.24, 2.45) is 0 Å². The fourth-order valence-corrected chi connectivity index (χ4v) is 2.68. The van der Waals surface area contributed by atoms with Gasteiger partial charge in [-0.1, -0.05) is 12.1 Å². The van der Waals surface area contributed by atoms with E-state index in [-0.39, 0.29) is 11.9 Å². The molecule has 0 aromatic heterocycles. The summed E-state index contributed by atoms with van der Waals surface area (Å²) in [5, 5.41) is 10.8. The summed E-state index contributed by atoms with van der Waals surface area (Å²) in [6.45, 7) is 6.47. The maximum absolute atomic E-state index is 13.0. The molecule has 1 atom stereocenters. The van der Waals surface area contributed by atoms with Crippen LogP contribution in [0, 0.1) is 5.82 Å². The summed E-state index contributed by atoms with van der Waals surface area (Å²) in [6, 6.07) is 5.92. The van der Waals surface area contributed by atoms with Gasteiger partial charge in [-0.15, -0.1) is 0 Å². The molecule has 1 aliphatic rings. The summed E-state index contributed by atoms with van der Waals surface area (Å²) in [5.41, 5.74) is -0.860. The maximum Gasteiger partial charge on any atom is 0.410 e. The van der Waals surface area contributed by atoms with E-state index in [0.717, 1.165) is 0 Å². The summed E-state index contributed by atoms with van der Waals surface area (Å²) in [5.74, 6) is -0.323. The molecule has 22 heavy (non-hydrogen) atoms. The third kappa shape index (κ3) is 4.19. The van der Waals surface area contributed by atoms with Crippen LogP contribution in [-0.2, 0) is 10.3 Å². The summed E-state index contributed by atoms with van der Waals surface area (Å²) in [6.07, 6.45) is 1.28. The molecule has 1 fully saturated rings. The highest BCUT2D eigenvalue weighted by Crippen LogP contribution is 2.33. The zero-order chi connectivity index (χ0) is 16.4. The lowest BCUT2D eigenvalue weighted by Gasteiger charge is -2.28. The molecule has 1 heterocycles. The second-order valence-corrected chi connectivity index (χ2v) is 6.86. The van der Waals surface area contributed by atoms with Crippen LogP contribution in [0.1, 0.15) is 45.6 Å². The van der Waals surface area contributed by atoms with E-state index in [0.29, 0.717) is 37.9 Å². The minimum Gasteiger partial charge on any atom is -0.444 e. The number of halogens is 1. The summed E-state index contributed by atoms with van der Waals surface area (Å²) >= 11 is 0. The number of benzene rings is 1. The number of aliphatic hydroxyl groups is 1. The Morgan fingerprint density at radius 3 is 2.45 bits per heavy atom. The lowest BCUT2D eigenvalue weighted by Crippen LogP contribution is -2.38. The van der Waals surface area contributed by atoms with Crippen LogP contribution in [0.25, 0.3) is 0 Å². The molecular formula is C17H24FNO3. The molecule has 0 bridgehead atoms. The molecule has 0 saturated carbocycles. The molecule has 0 spiro atoms. The third-order valence-electron chi connectivity index (χ3n) is 3.85. The fraction of sp³-hybridized carbons (Fsp3) is 0.588. The van der Waals surface area contributed by atoms with Crippen molar-refractivity contribution in [1.29, 1.82) is 0 Å². The molecule has 1 aliphatic heterocycles. The lowest BCUT2D eigenvalue weighted by molar-refractivity contribution is 0.0128. The van der Waals surface area contributed by atoms with E-state index in [4.69, 9.17) is 4.74 Å². The standard InChI is InChI=1S/C17H24FNO3/c1-16(2,3)22-15(20)19-11-4-9-17(21,10-12-19)13-5-7-14(18)8-6-13/h5-8,21H,4,9-12H2,1-3H3. The molecule has 1 aromatic carbocycles. The number of hydrogen-bond donors (Lipinski definition) is 1. The zero-order valence-electron chi connectivity index (χ0n) is 13.4. The minimum absolute atomic E-state index is 0.323. The van der Waals surface area contributed by atoms with Crippen molar-refractivity contribution in [3.8, 4) is 0 Å². The lowest BCUT2D eigenvalue weighted by atomic mass is 9.87. The molecule has 1 aromatic rings. The van der Waals surface area contributed by atoms with Crippen LogP contribution in [-0.4, -0.2) is 34.8 Å². The summed E-state index contributed by atoms with van der Waals surface area (Å²) < 4.78 is 18.4. The van der Waals surface area contributed by atoms with Crippen LogP contribution >= 0.6 is 0 Å². The molecule has 5 heteroatoms. The Kier molecular flexibility index (Phi) is 4.75. The van der Waals surface area contributed by atoms with Crippen molar-refractivity contribution < 1.29 is 19.0 Å². The third-order valence-corrected chi connectivity index (χ3v) is 3.85. The molecule has 122 valence electrons. The van der Waals surface area contributed by atoms with Crippen molar-refractivity contribution >= 4 is 6.09 Å². The van der Waals surface area contributed by atoms with Gasteiger partial charge in [0.15, 0.2) is 0 Å². The number of hydrogen-bond acceptors (Lipinski definition) is 3. The smallest absolute Gasteiger partial charge is 0.410 e. The normalized spacial score (nSPS) is 23.0. The largest absolute Gasteiger partial charge is 0.444 e. The first kappa shape index (κ1) is 16.7. The van der Waals surface area contributed by atoms with Crippen LogP contribution in [0.5, 0.6) is 0 Å². The van der Waals surface area contributed by atoms with Crippen LogP contribution in [0.3, 0.4) is 0 Å². The van der Waals surface area contributed by atoms with Gasteiger partial charge in [-0.05, 0) is 57.7 Å². The van der Waals surface area contributed by atoms with Gasteiger partial charge in [0.25, 0.3) is 0 Å². The summed E-state index contributed by atoms with van der Waals surface area (Å²) in [7, 11) is 0. The van der Waals surface area contributed by atoms with Crippen LogP contribution in [0.2, 0.25) is 0 Å². The Morgan fingerprint density at radius 1 is 1.23 bits per heavy atom. The molecule has 0 aliphatic carbocycles. The monoisotopic (exact) mass is 309 g/mol. The topological polar surface area (TPSA) is 49.8 Å². The van der Waals surface area contributed by atoms with Gasteiger partial charge < -0.3 is 14.7 Å². The second kappa shape index (κ2) is 6.24. The molecular weight excluding hydrogens is 285 g/mol. The van der Waals surface area contributed by atoms with Crippen molar-refractivity contribution in [2.45, 2.75) is 51.2 Å². The number of ether oxygens (including phenoxy) is 1. The molecule has 1 amide bonds. The van der Waals surface area contributed by atoms with Crippen molar-refractivity contribution in [1.82, 2.24) is 4.90 Å². The highest BCUT2D eigenvalue weighted by Gasteiger charge is 2.34. The summed E-state index contributed by atoms with van der Waals surface area (Å²) in [4.78, 5) is 13.8. The molecule has 4 nitrogen and oxygen atoms in total. The van der Waals surface area contributed by atoms with E-state index in [1.54, 1.807) is 17.0 Å². The Hall–Kier alpha value is -1.62. The van der Waals surface area contributed by atoms with Gasteiger partial charge in [0, 0.05) is 13.1 Å². The molecule has 1 unspecified atom stereocenters. The Labute approximate surface area is 130 Å². The second-order valence-electron chi connectivity index (χ2n) is 6.86. The average Bonchev–Trinajstić information content (AvgIpc) is 2.60. The number of likely N-dealkylation sites (tertiary alicyclic amines) is 1. The van der Waals surface area contributed by atoms with Crippen molar-refractivity contribution in [2.75, 3.05) is 13.1 Å². The number of nitrogens with zero attached hydrogens (tertiary/aromatic N) is 1. The average molecular weight is 309 g/mol. The first-order valence-corrected chi connectivity index (χ1v) is 7.66. The van der Waals surface area contributed by atoms with Crippen LogP contribution in [0.4, 0.5) is 9.18 Å². The van der Waals surface area contributed by atoms with Gasteiger partial charge in [-0.2, -0.15) is 0 Å². The van der Waals surface area contributed by atoms with Gasteiger partial charge in [0.1, 0.15) is 11.4 Å². The van der Waals surface area contributed by atoms with Crippen molar-refractivity contribution in [3.63, 3.8) is 0 Å². The first-order valence-electron chi connectivity index (χ1n) is 7.66. The van der Waals surface area contributed by atoms with E-state index >= 15 is 0 Å². The van der Waals surface area contributed by atoms with Gasteiger partial charge in [0.05, 0.1) is 5.60 Å². The maximum atomic E-state index is 13.0. The number of amides is 1. The van der Waals surface area contributed by atoms with E-state index in [1.807, 2.05) is 20.8 Å². The molecule has 0 radical (unpaired) electrons. The van der Waals surface area contributed by atoms with Crippen LogP contribution in [0.15, 0.2) is 24.3 Å². The quantitative estimate of drug-likeness (QED) is 0.864. The number of rotatable bonds is 1. The highest BCUT2D eigenvalue weighted by atomic mass is 19.1. The van der Waals surface area contributed by atoms with Crippen LogP contribution < -0.4 is 0 Å². The Bertz CT molecular complexity index is 524. The van der Waals surface area contributed by atoms with Gasteiger partial charge >= 0.3 is 6.09 Å². The molecule has 1 N–H and O–H groups in total. The van der Waals surface area contributed by atoms with E-state index in [1.165, 1.54) is 12.1 Å². The van der Waals surface area contributed by atoms with E-state index in [2.05, 4.69) is 0 Å². The van der Waals surface area contributed by atoms with Gasteiger partial charge in [-0.25, -0.2) is 9.18 Å². The van der Waals surface area contributed by atoms with E-state index < -0.39 is 11.2 Å². The van der Waals surface area contributed by atoms with E-state index in [9.17, 15) is 14.3 Å². The minimum atomic E-state index is -1.02. The number of carbonyl (C=O) groups is 1. The first-order chi connectivity index (χ1) is 10.2. The number of carbonyl (C=O) groups excluding carboxylic acids is 1. The predicted octanol–water partition coefficient (Wildman–Crippen LogP) is 3.43. The van der Waals surface area contributed by atoms with Crippen molar-refractivity contribution in [3.05, 3.63) is 35.6 Å². The highest BCUT2D eigenvalue weighted by molar-refractivity contribution is 5.68. The van der Waals surface area contributed by atoms with Gasteiger partial charge in [-0.3, -0.25) is 0 Å². The SMILES string of the molecule is CC(C)(C)OC(=O)N1CCCC(O)(c2ccc(F)cc2)CC1.